The lowest BCUT2D eigenvalue weighted by atomic mass is 10.1. The van der Waals surface area contributed by atoms with Gasteiger partial charge in [0.25, 0.3) is 0 Å². The van der Waals surface area contributed by atoms with E-state index in [-0.39, 0.29) is 11.9 Å². The molecule has 0 heterocycles. The molecule has 0 fully saturated rings. The average Bonchev–Trinajstić information content (AvgIpc) is 2.48. The topological polar surface area (TPSA) is 21.3 Å². The van der Waals surface area contributed by atoms with Crippen LogP contribution in [-0.4, -0.2) is 7.11 Å². The first-order chi connectivity index (χ1) is 9.60. The van der Waals surface area contributed by atoms with Crippen LogP contribution in [0.15, 0.2) is 42.5 Å². The number of benzene rings is 2. The van der Waals surface area contributed by atoms with E-state index in [2.05, 4.69) is 18.3 Å². The van der Waals surface area contributed by atoms with Gasteiger partial charge in [0.2, 0.25) is 0 Å². The van der Waals surface area contributed by atoms with E-state index in [1.807, 2.05) is 30.3 Å². The van der Waals surface area contributed by atoms with Crippen LogP contribution in [-0.2, 0) is 6.54 Å². The van der Waals surface area contributed by atoms with Crippen LogP contribution in [0.3, 0.4) is 0 Å². The summed E-state index contributed by atoms with van der Waals surface area (Å²) in [5, 5.41) is 3.39. The van der Waals surface area contributed by atoms with Gasteiger partial charge in [-0.05, 0) is 48.7 Å². The lowest BCUT2D eigenvalue weighted by Gasteiger charge is -2.15. The van der Waals surface area contributed by atoms with Crippen LogP contribution in [0.25, 0.3) is 0 Å². The van der Waals surface area contributed by atoms with Gasteiger partial charge in [0.15, 0.2) is 0 Å². The van der Waals surface area contributed by atoms with E-state index in [9.17, 15) is 4.39 Å². The molecule has 1 N–H and O–H groups in total. The normalized spacial score (nSPS) is 12.2. The van der Waals surface area contributed by atoms with Gasteiger partial charge in [-0.3, -0.25) is 0 Å². The summed E-state index contributed by atoms with van der Waals surface area (Å²) in [7, 11) is 1.66. The number of halogens is 1. The van der Waals surface area contributed by atoms with E-state index < -0.39 is 0 Å². The minimum Gasteiger partial charge on any atom is -0.497 e. The summed E-state index contributed by atoms with van der Waals surface area (Å²) in [4.78, 5) is 0. The standard InChI is InChI=1S/C17H20FNO/c1-12-7-8-14(9-17(12)18)11-19-13(2)15-5-4-6-16(10-15)20-3/h4-10,13,19H,11H2,1-3H3/t13-/m1/s1. The van der Waals surface area contributed by atoms with Crippen LogP contribution >= 0.6 is 0 Å². The minimum atomic E-state index is -0.154. The van der Waals surface area contributed by atoms with Gasteiger partial charge >= 0.3 is 0 Å². The Labute approximate surface area is 119 Å². The van der Waals surface area contributed by atoms with E-state index >= 15 is 0 Å². The van der Waals surface area contributed by atoms with Crippen molar-refractivity contribution in [2.75, 3.05) is 7.11 Å². The molecule has 0 amide bonds. The summed E-state index contributed by atoms with van der Waals surface area (Å²) in [6.45, 7) is 4.49. The monoisotopic (exact) mass is 273 g/mol. The van der Waals surface area contributed by atoms with Crippen molar-refractivity contribution < 1.29 is 9.13 Å². The van der Waals surface area contributed by atoms with Crippen molar-refractivity contribution in [1.29, 1.82) is 0 Å². The van der Waals surface area contributed by atoms with Gasteiger partial charge in [-0.25, -0.2) is 4.39 Å². The molecule has 0 aromatic heterocycles. The summed E-state index contributed by atoms with van der Waals surface area (Å²) in [5.74, 6) is 0.691. The SMILES string of the molecule is COc1cccc([C@@H](C)NCc2ccc(C)c(F)c2)c1. The Morgan fingerprint density at radius 1 is 1.20 bits per heavy atom. The molecule has 106 valence electrons. The van der Waals surface area contributed by atoms with E-state index in [1.54, 1.807) is 20.1 Å². The van der Waals surface area contributed by atoms with Gasteiger partial charge in [0, 0.05) is 12.6 Å². The largest absolute Gasteiger partial charge is 0.497 e. The fourth-order valence-electron chi connectivity index (χ4n) is 2.05. The van der Waals surface area contributed by atoms with Gasteiger partial charge in [0.1, 0.15) is 11.6 Å². The fourth-order valence-corrected chi connectivity index (χ4v) is 2.05. The van der Waals surface area contributed by atoms with Gasteiger partial charge in [-0.2, -0.15) is 0 Å². The predicted molar refractivity (Wildman–Crippen MR) is 79.4 cm³/mol. The van der Waals surface area contributed by atoms with Crippen molar-refractivity contribution >= 4 is 0 Å². The number of nitrogens with one attached hydrogen (secondary N) is 1. The maximum atomic E-state index is 13.5. The van der Waals surface area contributed by atoms with Crippen molar-refractivity contribution in [3.05, 3.63) is 65.0 Å². The van der Waals surface area contributed by atoms with Crippen LogP contribution in [0.5, 0.6) is 5.75 Å². The molecule has 2 aromatic carbocycles. The van der Waals surface area contributed by atoms with E-state index in [0.29, 0.717) is 12.1 Å². The van der Waals surface area contributed by atoms with Crippen LogP contribution in [0.2, 0.25) is 0 Å². The van der Waals surface area contributed by atoms with Crippen molar-refractivity contribution in [2.24, 2.45) is 0 Å². The van der Waals surface area contributed by atoms with Crippen LogP contribution in [0, 0.1) is 12.7 Å². The predicted octanol–water partition coefficient (Wildman–Crippen LogP) is 3.99. The molecule has 3 heteroatoms. The maximum Gasteiger partial charge on any atom is 0.126 e. The zero-order chi connectivity index (χ0) is 14.5. The molecule has 2 aromatic rings. The summed E-state index contributed by atoms with van der Waals surface area (Å²) in [6, 6.07) is 13.5. The average molecular weight is 273 g/mol. The second-order valence-corrected chi connectivity index (χ2v) is 4.96. The molecule has 0 bridgehead atoms. The molecule has 2 nitrogen and oxygen atoms in total. The number of ether oxygens (including phenoxy) is 1. The molecule has 0 spiro atoms. The second-order valence-electron chi connectivity index (χ2n) is 4.96. The van der Waals surface area contributed by atoms with Crippen LogP contribution < -0.4 is 10.1 Å². The number of hydrogen-bond acceptors (Lipinski definition) is 2. The third-order valence-electron chi connectivity index (χ3n) is 3.44. The highest BCUT2D eigenvalue weighted by Gasteiger charge is 2.06. The first-order valence-electron chi connectivity index (χ1n) is 6.72. The third-order valence-corrected chi connectivity index (χ3v) is 3.44. The summed E-state index contributed by atoms with van der Waals surface area (Å²) < 4.78 is 18.7. The minimum absolute atomic E-state index is 0.154. The first-order valence-corrected chi connectivity index (χ1v) is 6.72. The smallest absolute Gasteiger partial charge is 0.126 e. The Hall–Kier alpha value is -1.87. The van der Waals surface area contributed by atoms with Crippen LogP contribution in [0.4, 0.5) is 4.39 Å². The molecular formula is C17H20FNO. The zero-order valence-electron chi connectivity index (χ0n) is 12.1. The Balaban J connectivity index is 2.00. The lowest BCUT2D eigenvalue weighted by molar-refractivity contribution is 0.413. The van der Waals surface area contributed by atoms with Crippen molar-refractivity contribution in [1.82, 2.24) is 5.32 Å². The van der Waals surface area contributed by atoms with Gasteiger partial charge in [0.05, 0.1) is 7.11 Å². The molecule has 1 atom stereocenters. The van der Waals surface area contributed by atoms with Gasteiger partial charge in [-0.1, -0.05) is 24.3 Å². The molecular weight excluding hydrogens is 253 g/mol. The number of hydrogen-bond donors (Lipinski definition) is 1. The number of aryl methyl sites for hydroxylation is 1. The summed E-state index contributed by atoms with van der Waals surface area (Å²) in [6.07, 6.45) is 0. The third kappa shape index (κ3) is 3.58. The molecule has 0 saturated carbocycles. The molecule has 20 heavy (non-hydrogen) atoms. The van der Waals surface area contributed by atoms with Crippen LogP contribution in [0.1, 0.15) is 29.7 Å². The Morgan fingerprint density at radius 3 is 2.70 bits per heavy atom. The molecule has 0 radical (unpaired) electrons. The van der Waals surface area contributed by atoms with Gasteiger partial charge < -0.3 is 10.1 Å². The fraction of sp³-hybridized carbons (Fsp3) is 0.294. The maximum absolute atomic E-state index is 13.5. The van der Waals surface area contributed by atoms with Gasteiger partial charge in [-0.15, -0.1) is 0 Å². The molecule has 0 aliphatic carbocycles. The van der Waals surface area contributed by atoms with E-state index in [1.165, 1.54) is 0 Å². The molecule has 0 aliphatic heterocycles. The molecule has 2 rings (SSSR count). The van der Waals surface area contributed by atoms with Crippen molar-refractivity contribution in [2.45, 2.75) is 26.4 Å². The lowest BCUT2D eigenvalue weighted by Crippen LogP contribution is -2.18. The Morgan fingerprint density at radius 2 is 2.00 bits per heavy atom. The Kier molecular flexibility index (Phi) is 4.74. The first kappa shape index (κ1) is 14.5. The quantitative estimate of drug-likeness (QED) is 0.889. The summed E-state index contributed by atoms with van der Waals surface area (Å²) in [5.41, 5.74) is 2.77. The molecule has 0 aliphatic rings. The Bertz CT molecular complexity index is 583. The van der Waals surface area contributed by atoms with Crippen molar-refractivity contribution in [3.63, 3.8) is 0 Å². The number of rotatable bonds is 5. The molecule has 0 unspecified atom stereocenters. The highest BCUT2D eigenvalue weighted by molar-refractivity contribution is 5.30. The van der Waals surface area contributed by atoms with E-state index in [0.717, 1.165) is 16.9 Å². The van der Waals surface area contributed by atoms with E-state index in [4.69, 9.17) is 4.74 Å². The molecule has 0 saturated heterocycles. The highest BCUT2D eigenvalue weighted by atomic mass is 19.1. The summed E-state index contributed by atoms with van der Waals surface area (Å²) >= 11 is 0. The number of methoxy groups -OCH3 is 1. The second kappa shape index (κ2) is 6.53. The highest BCUT2D eigenvalue weighted by Crippen LogP contribution is 2.19. The van der Waals surface area contributed by atoms with Crippen molar-refractivity contribution in [3.8, 4) is 5.75 Å². The zero-order valence-corrected chi connectivity index (χ0v) is 12.1.